The molecule has 0 aromatic heterocycles. The lowest BCUT2D eigenvalue weighted by atomic mass is 10.1. The fraction of sp³-hybridized carbons (Fsp3) is 0.0714. The second-order valence-electron chi connectivity index (χ2n) is 4.18. The van der Waals surface area contributed by atoms with Crippen LogP contribution in [0.25, 0.3) is 0 Å². The second-order valence-corrected chi connectivity index (χ2v) is 6.17. The van der Waals surface area contributed by atoms with Crippen molar-refractivity contribution in [3.63, 3.8) is 0 Å². The summed E-state index contributed by atoms with van der Waals surface area (Å²) in [7, 11) is -3.73. The van der Waals surface area contributed by atoms with Gasteiger partial charge in [0, 0.05) is 5.56 Å². The zero-order valence-corrected chi connectivity index (χ0v) is 10.6. The normalized spacial score (nSPS) is 17.9. The highest BCUT2D eigenvalue weighted by Gasteiger charge is 2.40. The lowest BCUT2D eigenvalue weighted by Crippen LogP contribution is -2.13. The molecule has 0 aliphatic carbocycles. The van der Waals surface area contributed by atoms with Crippen LogP contribution in [-0.2, 0) is 14.6 Å². The first-order valence-electron chi connectivity index (χ1n) is 5.69. The van der Waals surface area contributed by atoms with E-state index in [2.05, 4.69) is 0 Å². The maximum atomic E-state index is 12.5. The monoisotopic (exact) mass is 274 g/mol. The topological polar surface area (TPSA) is 60.4 Å². The Morgan fingerprint density at radius 1 is 0.895 bits per heavy atom. The Hall–Kier alpha value is -2.14. The Bertz CT molecular complexity index is 735. The zero-order valence-electron chi connectivity index (χ0n) is 9.81. The van der Waals surface area contributed by atoms with Gasteiger partial charge in [0.05, 0.1) is 10.5 Å². The molecule has 1 atom stereocenters. The van der Waals surface area contributed by atoms with E-state index in [1.165, 1.54) is 12.1 Å². The van der Waals surface area contributed by atoms with Gasteiger partial charge in [0.25, 0.3) is 0 Å². The van der Waals surface area contributed by atoms with Gasteiger partial charge in [-0.05, 0) is 18.2 Å². The standard InChI is InChI=1S/C14H10O4S/c15-13-11-8-4-5-9-12(11)14(18-13)19(16,17)10-6-2-1-3-7-10/h1-9,14H. The minimum absolute atomic E-state index is 0.143. The predicted octanol–water partition coefficient (Wildman–Crippen LogP) is 2.33. The number of carbonyl (C=O) groups is 1. The van der Waals surface area contributed by atoms with Crippen LogP contribution in [0.5, 0.6) is 0 Å². The van der Waals surface area contributed by atoms with Gasteiger partial charge < -0.3 is 4.74 Å². The largest absolute Gasteiger partial charge is 0.437 e. The van der Waals surface area contributed by atoms with Crippen molar-refractivity contribution >= 4 is 15.8 Å². The van der Waals surface area contributed by atoms with Gasteiger partial charge in [-0.2, -0.15) is 0 Å². The Kier molecular flexibility index (Phi) is 2.64. The molecule has 19 heavy (non-hydrogen) atoms. The molecule has 0 fully saturated rings. The molecule has 0 radical (unpaired) electrons. The molecule has 96 valence electrons. The summed E-state index contributed by atoms with van der Waals surface area (Å²) in [4.78, 5) is 11.8. The van der Waals surface area contributed by atoms with Gasteiger partial charge in [0.15, 0.2) is 0 Å². The van der Waals surface area contributed by atoms with Crippen LogP contribution in [0.15, 0.2) is 59.5 Å². The van der Waals surface area contributed by atoms with E-state index in [-0.39, 0.29) is 4.90 Å². The molecule has 5 heteroatoms. The molecule has 1 heterocycles. The number of benzene rings is 2. The van der Waals surface area contributed by atoms with Gasteiger partial charge in [0.1, 0.15) is 0 Å². The van der Waals surface area contributed by atoms with Crippen LogP contribution in [0.2, 0.25) is 0 Å². The zero-order chi connectivity index (χ0) is 13.5. The average Bonchev–Trinajstić information content (AvgIpc) is 2.79. The summed E-state index contributed by atoms with van der Waals surface area (Å²) in [5.41, 5.74) is -0.540. The van der Waals surface area contributed by atoms with Gasteiger partial charge in [-0.3, -0.25) is 0 Å². The van der Waals surface area contributed by atoms with Crippen LogP contribution in [0.4, 0.5) is 0 Å². The lowest BCUT2D eigenvalue weighted by molar-refractivity contribution is 0.0508. The minimum Gasteiger partial charge on any atom is -0.437 e. The summed E-state index contributed by atoms with van der Waals surface area (Å²) in [5.74, 6) is -0.597. The molecule has 2 aromatic carbocycles. The van der Waals surface area contributed by atoms with Crippen LogP contribution >= 0.6 is 0 Å². The summed E-state index contributed by atoms with van der Waals surface area (Å²) in [6, 6.07) is 14.5. The molecule has 2 aromatic rings. The number of rotatable bonds is 2. The molecule has 3 rings (SSSR count). The number of hydrogen-bond donors (Lipinski definition) is 0. The number of sulfone groups is 1. The van der Waals surface area contributed by atoms with Crippen LogP contribution in [0.1, 0.15) is 21.4 Å². The molecule has 0 N–H and O–H groups in total. The highest BCUT2D eigenvalue weighted by atomic mass is 32.2. The van der Waals surface area contributed by atoms with E-state index in [9.17, 15) is 13.2 Å². The SMILES string of the molecule is O=C1OC(S(=O)(=O)c2ccccc2)c2ccccc21. The predicted molar refractivity (Wildman–Crippen MR) is 68.2 cm³/mol. The minimum atomic E-state index is -3.73. The smallest absolute Gasteiger partial charge is 0.340 e. The summed E-state index contributed by atoms with van der Waals surface area (Å²) in [6.07, 6.45) is 0. The third kappa shape index (κ3) is 1.82. The summed E-state index contributed by atoms with van der Waals surface area (Å²) in [5, 5.41) is 0. The van der Waals surface area contributed by atoms with E-state index in [4.69, 9.17) is 4.74 Å². The molecule has 0 saturated carbocycles. The Morgan fingerprint density at radius 3 is 2.26 bits per heavy atom. The first kappa shape index (κ1) is 11.9. The highest BCUT2D eigenvalue weighted by molar-refractivity contribution is 7.91. The van der Waals surface area contributed by atoms with Gasteiger partial charge in [-0.25, -0.2) is 13.2 Å². The van der Waals surface area contributed by atoms with E-state index in [0.717, 1.165) is 0 Å². The number of hydrogen-bond acceptors (Lipinski definition) is 4. The Morgan fingerprint density at radius 2 is 1.53 bits per heavy atom. The molecular formula is C14H10O4S. The van der Waals surface area contributed by atoms with Crippen molar-refractivity contribution in [3.05, 3.63) is 65.7 Å². The summed E-state index contributed by atoms with van der Waals surface area (Å²) < 4.78 is 30.0. The lowest BCUT2D eigenvalue weighted by Gasteiger charge is -2.11. The van der Waals surface area contributed by atoms with Crippen molar-refractivity contribution in [3.8, 4) is 0 Å². The summed E-state index contributed by atoms with van der Waals surface area (Å²) >= 11 is 0. The molecular weight excluding hydrogens is 264 g/mol. The molecule has 0 bridgehead atoms. The first-order chi connectivity index (χ1) is 9.10. The van der Waals surface area contributed by atoms with Crippen molar-refractivity contribution in [2.24, 2.45) is 0 Å². The fourth-order valence-corrected chi connectivity index (χ4v) is 3.61. The quantitative estimate of drug-likeness (QED) is 0.789. The Balaban J connectivity index is 2.13. The maximum absolute atomic E-state index is 12.5. The van der Waals surface area contributed by atoms with Gasteiger partial charge in [-0.15, -0.1) is 0 Å². The number of fused-ring (bicyclic) bond motifs is 1. The van der Waals surface area contributed by atoms with E-state index in [1.807, 2.05) is 0 Å². The molecule has 0 spiro atoms. The van der Waals surface area contributed by atoms with Crippen LogP contribution < -0.4 is 0 Å². The van der Waals surface area contributed by atoms with Crippen LogP contribution in [-0.4, -0.2) is 14.4 Å². The highest BCUT2D eigenvalue weighted by Crippen LogP contribution is 2.37. The number of cyclic esters (lactones) is 1. The molecule has 1 aliphatic heterocycles. The van der Waals surface area contributed by atoms with E-state index < -0.39 is 21.2 Å². The Labute approximate surface area is 110 Å². The van der Waals surface area contributed by atoms with Crippen molar-refractivity contribution in [1.29, 1.82) is 0 Å². The van der Waals surface area contributed by atoms with Gasteiger partial charge in [0.2, 0.25) is 15.3 Å². The van der Waals surface area contributed by atoms with Crippen molar-refractivity contribution in [2.75, 3.05) is 0 Å². The third-order valence-corrected chi connectivity index (χ3v) is 4.85. The molecule has 0 saturated heterocycles. The fourth-order valence-electron chi connectivity index (χ4n) is 2.08. The van der Waals surface area contributed by atoms with Gasteiger partial charge >= 0.3 is 5.97 Å². The van der Waals surface area contributed by atoms with Crippen molar-refractivity contribution < 1.29 is 17.9 Å². The van der Waals surface area contributed by atoms with E-state index in [1.54, 1.807) is 42.5 Å². The number of esters is 1. The number of carbonyl (C=O) groups excluding carboxylic acids is 1. The third-order valence-electron chi connectivity index (χ3n) is 3.00. The molecule has 0 amide bonds. The van der Waals surface area contributed by atoms with Crippen LogP contribution in [0.3, 0.4) is 0 Å². The van der Waals surface area contributed by atoms with Gasteiger partial charge in [-0.1, -0.05) is 36.4 Å². The van der Waals surface area contributed by atoms with Crippen molar-refractivity contribution in [1.82, 2.24) is 0 Å². The second kappa shape index (κ2) is 4.20. The first-order valence-corrected chi connectivity index (χ1v) is 7.24. The molecule has 1 aliphatic rings. The van der Waals surface area contributed by atoms with E-state index in [0.29, 0.717) is 11.1 Å². The van der Waals surface area contributed by atoms with Crippen molar-refractivity contribution in [2.45, 2.75) is 10.3 Å². The number of ether oxygens (including phenoxy) is 1. The summed E-state index contributed by atoms with van der Waals surface area (Å²) in [6.45, 7) is 0. The van der Waals surface area contributed by atoms with E-state index >= 15 is 0 Å². The maximum Gasteiger partial charge on any atom is 0.340 e. The average molecular weight is 274 g/mol. The molecule has 1 unspecified atom stereocenters. The molecule has 4 nitrogen and oxygen atoms in total. The van der Waals surface area contributed by atoms with Crippen LogP contribution in [0, 0.1) is 0 Å².